The summed E-state index contributed by atoms with van der Waals surface area (Å²) in [6.45, 7) is 9.29. The Kier molecular flexibility index (Phi) is 3.86. The zero-order valence-corrected chi connectivity index (χ0v) is 14.3. The first-order valence-corrected chi connectivity index (χ1v) is 8.55. The lowest BCUT2D eigenvalue weighted by molar-refractivity contribution is 0.418. The van der Waals surface area contributed by atoms with Gasteiger partial charge in [-0.05, 0) is 33.8 Å². The molecule has 0 atom stereocenters. The van der Waals surface area contributed by atoms with Crippen molar-refractivity contribution in [3.8, 4) is 0 Å². The molecule has 21 heavy (non-hydrogen) atoms. The minimum absolute atomic E-state index is 0.0771. The van der Waals surface area contributed by atoms with Crippen LogP contribution in [0.4, 0.5) is 0 Å². The van der Waals surface area contributed by atoms with Crippen molar-refractivity contribution < 1.29 is 4.42 Å². The maximum atomic E-state index is 5.38. The van der Waals surface area contributed by atoms with E-state index in [0.29, 0.717) is 0 Å². The number of aryl methyl sites for hydroxylation is 1. The number of thiazole rings is 1. The molecule has 0 aromatic carbocycles. The van der Waals surface area contributed by atoms with Crippen LogP contribution in [0.1, 0.15) is 32.2 Å². The van der Waals surface area contributed by atoms with Crippen molar-refractivity contribution >= 4 is 28.1 Å². The molecule has 0 saturated heterocycles. The van der Waals surface area contributed by atoms with Crippen LogP contribution in [-0.2, 0) is 6.54 Å². The fourth-order valence-electron chi connectivity index (χ4n) is 1.99. The maximum Gasteiger partial charge on any atom is 0.194 e. The number of nitrogens with zero attached hydrogens (tertiary/aromatic N) is 2. The second-order valence-corrected chi connectivity index (χ2v) is 7.87. The molecule has 0 radical (unpaired) electrons. The highest BCUT2D eigenvalue weighted by Crippen LogP contribution is 2.34. The largest absolute Gasteiger partial charge is 0.468 e. The number of nitrogens with one attached hydrogen (secondary N) is 1. The zero-order chi connectivity index (χ0) is 15.0. The summed E-state index contributed by atoms with van der Waals surface area (Å²) in [6.07, 6.45) is 3.81. The van der Waals surface area contributed by atoms with Crippen molar-refractivity contribution in [3.63, 3.8) is 0 Å². The molecule has 0 unspecified atom stereocenters. The van der Waals surface area contributed by atoms with Crippen LogP contribution in [0.2, 0.25) is 0 Å². The summed E-state index contributed by atoms with van der Waals surface area (Å²) in [5.74, 6) is 0.936. The fraction of sp³-hybridized carbons (Fsp3) is 0.400. The number of rotatable bonds is 4. The van der Waals surface area contributed by atoms with Crippen molar-refractivity contribution in [1.82, 2.24) is 14.7 Å². The third kappa shape index (κ3) is 3.17. The van der Waals surface area contributed by atoms with Crippen LogP contribution >= 0.6 is 23.1 Å². The van der Waals surface area contributed by atoms with Crippen molar-refractivity contribution in [2.45, 2.75) is 49.7 Å². The van der Waals surface area contributed by atoms with Gasteiger partial charge in [0.15, 0.2) is 4.96 Å². The molecule has 0 aliphatic carbocycles. The Bertz CT molecular complexity index is 748. The minimum Gasteiger partial charge on any atom is -0.468 e. The molecule has 1 N–H and O–H groups in total. The van der Waals surface area contributed by atoms with E-state index in [1.807, 2.05) is 13.0 Å². The van der Waals surface area contributed by atoms with E-state index >= 15 is 0 Å². The molecule has 0 aliphatic heterocycles. The van der Waals surface area contributed by atoms with Gasteiger partial charge in [-0.2, -0.15) is 0 Å². The zero-order valence-electron chi connectivity index (χ0n) is 12.6. The topological polar surface area (TPSA) is 42.5 Å². The van der Waals surface area contributed by atoms with Gasteiger partial charge in [-0.25, -0.2) is 4.98 Å². The lowest BCUT2D eigenvalue weighted by Crippen LogP contribution is -2.35. The van der Waals surface area contributed by atoms with Crippen LogP contribution < -0.4 is 5.32 Å². The number of furan rings is 1. The molecule has 6 heteroatoms. The van der Waals surface area contributed by atoms with Gasteiger partial charge in [0.1, 0.15) is 10.8 Å². The Morgan fingerprint density at radius 3 is 2.90 bits per heavy atom. The monoisotopic (exact) mass is 321 g/mol. The number of imidazole rings is 1. The molecule has 0 bridgehead atoms. The van der Waals surface area contributed by atoms with Gasteiger partial charge in [-0.1, -0.05) is 11.8 Å². The molecular weight excluding hydrogens is 302 g/mol. The molecule has 3 aromatic heterocycles. The van der Waals surface area contributed by atoms with Crippen LogP contribution in [0, 0.1) is 6.92 Å². The van der Waals surface area contributed by atoms with Gasteiger partial charge < -0.3 is 9.73 Å². The lowest BCUT2D eigenvalue weighted by Gasteiger charge is -2.20. The predicted octanol–water partition coefficient (Wildman–Crippen LogP) is 4.34. The molecular formula is C15H19N3OS2. The van der Waals surface area contributed by atoms with Crippen molar-refractivity contribution in [2.75, 3.05) is 0 Å². The molecule has 0 amide bonds. The average Bonchev–Trinajstić information content (AvgIpc) is 3.04. The standard InChI is InChI=1S/C15H19N3OS2/c1-10-12(5-7-19-10)21-13-11(9-16-15(2,3)4)18-6-8-20-14(18)17-13/h5-8,16H,9H2,1-4H3. The van der Waals surface area contributed by atoms with Gasteiger partial charge in [0.2, 0.25) is 0 Å². The normalized spacial score (nSPS) is 12.4. The summed E-state index contributed by atoms with van der Waals surface area (Å²) in [7, 11) is 0. The van der Waals surface area contributed by atoms with E-state index in [0.717, 1.165) is 27.2 Å². The summed E-state index contributed by atoms with van der Waals surface area (Å²) >= 11 is 3.33. The first kappa shape index (κ1) is 14.7. The third-order valence-corrected chi connectivity index (χ3v) is 5.05. The predicted molar refractivity (Wildman–Crippen MR) is 87.2 cm³/mol. The molecule has 0 saturated carbocycles. The molecule has 0 spiro atoms. The Labute approximate surface area is 132 Å². The summed E-state index contributed by atoms with van der Waals surface area (Å²) < 4.78 is 7.55. The second kappa shape index (κ2) is 5.51. The van der Waals surface area contributed by atoms with Gasteiger partial charge in [0, 0.05) is 23.7 Å². The van der Waals surface area contributed by atoms with Crippen LogP contribution in [0.25, 0.3) is 4.96 Å². The van der Waals surface area contributed by atoms with Crippen LogP contribution in [0.5, 0.6) is 0 Å². The van der Waals surface area contributed by atoms with E-state index in [9.17, 15) is 0 Å². The van der Waals surface area contributed by atoms with Gasteiger partial charge in [0.25, 0.3) is 0 Å². The van der Waals surface area contributed by atoms with Crippen LogP contribution in [0.3, 0.4) is 0 Å². The van der Waals surface area contributed by atoms with Crippen molar-refractivity contribution in [1.29, 1.82) is 0 Å². The molecule has 4 nitrogen and oxygen atoms in total. The van der Waals surface area contributed by atoms with Crippen LogP contribution in [0.15, 0.2) is 38.2 Å². The fourth-order valence-corrected chi connectivity index (χ4v) is 3.72. The Hall–Kier alpha value is -1.24. The van der Waals surface area contributed by atoms with E-state index < -0.39 is 0 Å². The number of hydrogen-bond acceptors (Lipinski definition) is 5. The highest BCUT2D eigenvalue weighted by Gasteiger charge is 2.18. The highest BCUT2D eigenvalue weighted by atomic mass is 32.2. The van der Waals surface area contributed by atoms with E-state index in [4.69, 9.17) is 9.40 Å². The third-order valence-electron chi connectivity index (χ3n) is 3.13. The Balaban J connectivity index is 1.93. The number of aromatic nitrogens is 2. The molecule has 112 valence electrons. The SMILES string of the molecule is Cc1occc1Sc1nc2sccn2c1CNC(C)(C)C. The van der Waals surface area contributed by atoms with E-state index in [2.05, 4.69) is 42.1 Å². The first-order chi connectivity index (χ1) is 9.94. The van der Waals surface area contributed by atoms with E-state index in [-0.39, 0.29) is 5.54 Å². The summed E-state index contributed by atoms with van der Waals surface area (Å²) in [4.78, 5) is 6.91. The summed E-state index contributed by atoms with van der Waals surface area (Å²) in [6, 6.07) is 1.99. The molecule has 3 heterocycles. The van der Waals surface area contributed by atoms with E-state index in [1.54, 1.807) is 29.4 Å². The van der Waals surface area contributed by atoms with E-state index in [1.165, 1.54) is 5.69 Å². The minimum atomic E-state index is 0.0771. The van der Waals surface area contributed by atoms with Gasteiger partial charge in [-0.3, -0.25) is 4.40 Å². The highest BCUT2D eigenvalue weighted by molar-refractivity contribution is 7.99. The van der Waals surface area contributed by atoms with Crippen molar-refractivity contribution in [3.05, 3.63) is 35.4 Å². The Morgan fingerprint density at radius 2 is 2.24 bits per heavy atom. The number of fused-ring (bicyclic) bond motifs is 1. The summed E-state index contributed by atoms with van der Waals surface area (Å²) in [5, 5.41) is 6.66. The molecule has 3 aromatic rings. The smallest absolute Gasteiger partial charge is 0.194 e. The van der Waals surface area contributed by atoms with Gasteiger partial charge in [-0.15, -0.1) is 11.3 Å². The van der Waals surface area contributed by atoms with Crippen molar-refractivity contribution in [2.24, 2.45) is 0 Å². The lowest BCUT2D eigenvalue weighted by atomic mass is 10.1. The maximum absolute atomic E-state index is 5.38. The quantitative estimate of drug-likeness (QED) is 0.776. The Morgan fingerprint density at radius 1 is 1.43 bits per heavy atom. The average molecular weight is 321 g/mol. The number of hydrogen-bond donors (Lipinski definition) is 1. The molecule has 0 aliphatic rings. The van der Waals surface area contributed by atoms with Gasteiger partial charge >= 0.3 is 0 Å². The second-order valence-electron chi connectivity index (χ2n) is 5.97. The first-order valence-electron chi connectivity index (χ1n) is 6.85. The molecule has 3 rings (SSSR count). The summed E-state index contributed by atoms with van der Waals surface area (Å²) in [5.41, 5.74) is 1.28. The van der Waals surface area contributed by atoms with Gasteiger partial charge in [0.05, 0.1) is 16.9 Å². The molecule has 0 fully saturated rings. The van der Waals surface area contributed by atoms with Crippen LogP contribution in [-0.4, -0.2) is 14.9 Å².